The number of nitrogens with zero attached hydrogens (tertiary/aromatic N) is 3. The van der Waals surface area contributed by atoms with Gasteiger partial charge in [-0.15, -0.1) is 5.10 Å². The number of para-hydroxylation sites is 1. The van der Waals surface area contributed by atoms with Crippen molar-refractivity contribution in [2.75, 3.05) is 19.0 Å². The summed E-state index contributed by atoms with van der Waals surface area (Å²) in [5, 5.41) is 13.5. The number of hydrogen-bond donors (Lipinski definition) is 1. The second kappa shape index (κ2) is 10.4. The SMILES string of the molecule is CCS(=O)(=O)C1=NN2C(=N)/C(=C\c3ccc(OCCCOc4ccccc4C)cc3)C(=O)N=C2S1. The number of hydrazone groups is 1. The number of nitrogens with one attached hydrogen (secondary N) is 1. The molecule has 182 valence electrons. The Morgan fingerprint density at radius 1 is 1.09 bits per heavy atom. The normalized spacial score (nSPS) is 16.7. The molecule has 2 aromatic carbocycles. The number of fused-ring (bicyclic) bond motifs is 1. The zero-order valence-electron chi connectivity index (χ0n) is 19.2. The van der Waals surface area contributed by atoms with Crippen LogP contribution in [0.2, 0.25) is 0 Å². The second-order valence-corrected chi connectivity index (χ2v) is 11.1. The summed E-state index contributed by atoms with van der Waals surface area (Å²) in [6, 6.07) is 14.9. The summed E-state index contributed by atoms with van der Waals surface area (Å²) in [4.78, 5) is 16.4. The number of carbonyl (C=O) groups excluding carboxylic acids is 1. The molecule has 4 rings (SSSR count). The van der Waals surface area contributed by atoms with Crippen LogP contribution in [0.15, 0.2) is 64.2 Å². The van der Waals surface area contributed by atoms with Crippen molar-refractivity contribution >= 4 is 49.0 Å². The van der Waals surface area contributed by atoms with Crippen molar-refractivity contribution in [3.05, 3.63) is 65.2 Å². The van der Waals surface area contributed by atoms with Gasteiger partial charge in [-0.25, -0.2) is 8.42 Å². The smallest absolute Gasteiger partial charge is 0.283 e. The van der Waals surface area contributed by atoms with Crippen LogP contribution in [0.1, 0.15) is 24.5 Å². The van der Waals surface area contributed by atoms with E-state index in [0.29, 0.717) is 24.5 Å². The van der Waals surface area contributed by atoms with E-state index in [1.165, 1.54) is 13.0 Å². The maximum absolute atomic E-state index is 12.5. The average Bonchev–Trinajstić information content (AvgIpc) is 3.28. The minimum absolute atomic E-state index is 0.0234. The molecule has 2 aromatic rings. The molecule has 0 saturated heterocycles. The molecule has 1 amide bonds. The van der Waals surface area contributed by atoms with Crippen molar-refractivity contribution in [3.63, 3.8) is 0 Å². The predicted molar refractivity (Wildman–Crippen MR) is 138 cm³/mol. The van der Waals surface area contributed by atoms with E-state index in [2.05, 4.69) is 10.1 Å². The summed E-state index contributed by atoms with van der Waals surface area (Å²) < 4.78 is 35.6. The standard InChI is InChI=1S/C24H24N4O5S2/c1-3-35(30,31)24-27-28-21(25)19(22(29)26-23(28)34-24)15-17-9-11-18(12-10-17)32-13-6-14-33-20-8-5-4-7-16(20)2/h4-5,7-12,15,25H,3,6,13-14H2,1-2H3/b19-15+,25-21?. The fraction of sp³-hybridized carbons (Fsp3) is 0.250. The molecule has 2 aliphatic heterocycles. The van der Waals surface area contributed by atoms with Gasteiger partial charge in [-0.2, -0.15) is 10.0 Å². The number of aliphatic imine (C=N–C) groups is 1. The lowest BCUT2D eigenvalue weighted by Crippen LogP contribution is -2.35. The fourth-order valence-corrected chi connectivity index (χ4v) is 5.36. The number of benzene rings is 2. The third-order valence-corrected chi connectivity index (χ3v) is 8.27. The maximum atomic E-state index is 12.5. The Balaban J connectivity index is 1.35. The van der Waals surface area contributed by atoms with Gasteiger partial charge in [0.05, 0.1) is 24.5 Å². The minimum Gasteiger partial charge on any atom is -0.493 e. The van der Waals surface area contributed by atoms with Gasteiger partial charge in [0.25, 0.3) is 5.91 Å². The highest BCUT2D eigenvalue weighted by Gasteiger charge is 2.39. The highest BCUT2D eigenvalue weighted by Crippen LogP contribution is 2.30. The largest absolute Gasteiger partial charge is 0.493 e. The lowest BCUT2D eigenvalue weighted by Gasteiger charge is -2.20. The highest BCUT2D eigenvalue weighted by atomic mass is 32.3. The number of thioether (sulfide) groups is 1. The van der Waals surface area contributed by atoms with E-state index in [9.17, 15) is 13.2 Å². The molecule has 0 unspecified atom stereocenters. The summed E-state index contributed by atoms with van der Waals surface area (Å²) in [7, 11) is -3.56. The molecule has 1 N–H and O–H groups in total. The molecule has 9 nitrogen and oxygen atoms in total. The minimum atomic E-state index is -3.56. The van der Waals surface area contributed by atoms with E-state index >= 15 is 0 Å². The zero-order valence-corrected chi connectivity index (χ0v) is 20.9. The van der Waals surface area contributed by atoms with E-state index in [-0.39, 0.29) is 26.7 Å². The molecule has 2 heterocycles. The Bertz CT molecular complexity index is 1350. The van der Waals surface area contributed by atoms with Crippen molar-refractivity contribution in [2.45, 2.75) is 20.3 Å². The molecule has 0 fully saturated rings. The van der Waals surface area contributed by atoms with Gasteiger partial charge < -0.3 is 9.47 Å². The molecule has 0 aliphatic carbocycles. The zero-order chi connectivity index (χ0) is 25.0. The van der Waals surface area contributed by atoms with Crippen molar-refractivity contribution in [3.8, 4) is 11.5 Å². The van der Waals surface area contributed by atoms with Crippen LogP contribution in [-0.4, -0.2) is 53.7 Å². The summed E-state index contributed by atoms with van der Waals surface area (Å²) in [5.41, 5.74) is 1.78. The van der Waals surface area contributed by atoms with E-state index in [1.54, 1.807) is 24.3 Å². The molecule has 0 atom stereocenters. The number of ether oxygens (including phenoxy) is 2. The van der Waals surface area contributed by atoms with Crippen LogP contribution >= 0.6 is 11.8 Å². The first kappa shape index (κ1) is 24.7. The Kier molecular flexibility index (Phi) is 7.37. The van der Waals surface area contributed by atoms with Crippen LogP contribution in [0, 0.1) is 12.3 Å². The first-order chi connectivity index (χ1) is 16.8. The molecular formula is C24H24N4O5S2. The third kappa shape index (κ3) is 5.63. The first-order valence-corrected chi connectivity index (χ1v) is 13.4. The van der Waals surface area contributed by atoms with Crippen LogP contribution in [0.3, 0.4) is 0 Å². The fourth-order valence-electron chi connectivity index (χ4n) is 3.20. The molecule has 11 heteroatoms. The Morgan fingerprint density at radius 3 is 2.51 bits per heavy atom. The Labute approximate surface area is 208 Å². The van der Waals surface area contributed by atoms with Gasteiger partial charge in [-0.3, -0.25) is 10.2 Å². The van der Waals surface area contributed by atoms with E-state index in [4.69, 9.17) is 14.9 Å². The van der Waals surface area contributed by atoms with E-state index in [1.807, 2.05) is 31.2 Å². The van der Waals surface area contributed by atoms with Crippen molar-refractivity contribution in [1.82, 2.24) is 5.01 Å². The monoisotopic (exact) mass is 512 g/mol. The lowest BCUT2D eigenvalue weighted by molar-refractivity contribution is -0.114. The molecular weight excluding hydrogens is 488 g/mol. The van der Waals surface area contributed by atoms with E-state index in [0.717, 1.165) is 34.5 Å². The second-order valence-electron chi connectivity index (χ2n) is 7.67. The molecule has 0 aromatic heterocycles. The summed E-state index contributed by atoms with van der Waals surface area (Å²) in [5.74, 6) is 0.572. The van der Waals surface area contributed by atoms with Gasteiger partial charge >= 0.3 is 0 Å². The first-order valence-electron chi connectivity index (χ1n) is 10.9. The topological polar surface area (TPSA) is 121 Å². The quantitative estimate of drug-likeness (QED) is 0.421. The van der Waals surface area contributed by atoms with Gasteiger partial charge in [0.2, 0.25) is 19.4 Å². The van der Waals surface area contributed by atoms with Gasteiger partial charge in [-0.1, -0.05) is 37.3 Å². The van der Waals surface area contributed by atoms with Gasteiger partial charge in [0.1, 0.15) is 11.5 Å². The molecule has 2 aliphatic rings. The summed E-state index contributed by atoms with van der Waals surface area (Å²) in [6.07, 6.45) is 2.24. The number of amidine groups is 2. The third-order valence-electron chi connectivity index (χ3n) is 5.18. The van der Waals surface area contributed by atoms with Crippen LogP contribution < -0.4 is 9.47 Å². The molecule has 35 heavy (non-hydrogen) atoms. The summed E-state index contributed by atoms with van der Waals surface area (Å²) >= 11 is 0.778. The van der Waals surface area contributed by atoms with Crippen LogP contribution in [0.4, 0.5) is 0 Å². The number of carbonyl (C=O) groups is 1. The van der Waals surface area contributed by atoms with Gasteiger partial charge in [-0.05, 0) is 54.1 Å². The average molecular weight is 513 g/mol. The maximum Gasteiger partial charge on any atom is 0.283 e. The molecule has 0 bridgehead atoms. The molecule has 0 saturated carbocycles. The van der Waals surface area contributed by atoms with Crippen LogP contribution in [-0.2, 0) is 14.6 Å². The predicted octanol–water partition coefficient (Wildman–Crippen LogP) is 3.85. The number of amides is 1. The number of sulfone groups is 1. The van der Waals surface area contributed by atoms with Crippen molar-refractivity contribution in [2.24, 2.45) is 10.1 Å². The van der Waals surface area contributed by atoms with E-state index < -0.39 is 15.7 Å². The Morgan fingerprint density at radius 2 is 1.80 bits per heavy atom. The van der Waals surface area contributed by atoms with Crippen molar-refractivity contribution in [1.29, 1.82) is 5.41 Å². The molecule has 0 spiro atoms. The summed E-state index contributed by atoms with van der Waals surface area (Å²) in [6.45, 7) is 4.54. The number of rotatable bonds is 8. The number of hydrogen-bond acceptors (Lipinski definition) is 8. The lowest BCUT2D eigenvalue weighted by atomic mass is 10.1. The van der Waals surface area contributed by atoms with Crippen LogP contribution in [0.5, 0.6) is 11.5 Å². The van der Waals surface area contributed by atoms with Gasteiger partial charge in [0.15, 0.2) is 5.84 Å². The molecule has 0 radical (unpaired) electrons. The van der Waals surface area contributed by atoms with Crippen molar-refractivity contribution < 1.29 is 22.7 Å². The van der Waals surface area contributed by atoms with Gasteiger partial charge in [0, 0.05) is 6.42 Å². The van der Waals surface area contributed by atoms with Crippen LogP contribution in [0.25, 0.3) is 6.08 Å². The Hall–Kier alpha value is -3.44. The highest BCUT2D eigenvalue weighted by molar-refractivity contribution is 8.42. The number of aryl methyl sites for hydroxylation is 1.